The zero-order chi connectivity index (χ0) is 10.8. The summed E-state index contributed by atoms with van der Waals surface area (Å²) in [6.07, 6.45) is 2.65. The SMILES string of the molecule is Cc1csc2c(=O)n(CCC=O)cnc12. The van der Waals surface area contributed by atoms with E-state index in [-0.39, 0.29) is 5.56 Å². The molecule has 2 aromatic heterocycles. The number of fused-ring (bicyclic) bond motifs is 1. The number of aryl methyl sites for hydroxylation is 2. The van der Waals surface area contributed by atoms with Crippen molar-refractivity contribution in [1.82, 2.24) is 9.55 Å². The third-order valence-corrected chi connectivity index (χ3v) is 3.29. The van der Waals surface area contributed by atoms with Crippen molar-refractivity contribution in [2.24, 2.45) is 0 Å². The van der Waals surface area contributed by atoms with Gasteiger partial charge in [-0.1, -0.05) is 0 Å². The zero-order valence-corrected chi connectivity index (χ0v) is 9.08. The van der Waals surface area contributed by atoms with Gasteiger partial charge in [-0.05, 0) is 17.9 Å². The average molecular weight is 222 g/mol. The second kappa shape index (κ2) is 3.94. The van der Waals surface area contributed by atoms with Gasteiger partial charge in [0, 0.05) is 13.0 Å². The third kappa shape index (κ3) is 1.70. The molecule has 0 unspecified atom stereocenters. The molecule has 0 spiro atoms. The van der Waals surface area contributed by atoms with Crippen LogP contribution in [0.5, 0.6) is 0 Å². The van der Waals surface area contributed by atoms with E-state index in [4.69, 9.17) is 0 Å². The summed E-state index contributed by atoms with van der Waals surface area (Å²) in [5.74, 6) is 0. The van der Waals surface area contributed by atoms with E-state index >= 15 is 0 Å². The smallest absolute Gasteiger partial charge is 0.271 e. The number of hydrogen-bond acceptors (Lipinski definition) is 4. The van der Waals surface area contributed by atoms with Gasteiger partial charge in [-0.15, -0.1) is 11.3 Å². The number of aromatic nitrogens is 2. The Bertz CT molecular complexity index is 556. The minimum absolute atomic E-state index is 0.0556. The highest BCUT2D eigenvalue weighted by atomic mass is 32.1. The Hall–Kier alpha value is -1.49. The molecule has 0 saturated carbocycles. The number of nitrogens with zero attached hydrogens (tertiary/aromatic N) is 2. The van der Waals surface area contributed by atoms with Gasteiger partial charge in [-0.3, -0.25) is 9.36 Å². The highest BCUT2D eigenvalue weighted by Crippen LogP contribution is 2.19. The van der Waals surface area contributed by atoms with Crippen LogP contribution in [0.2, 0.25) is 0 Å². The first kappa shape index (κ1) is 10.0. The predicted octanol–water partition coefficient (Wildman–Crippen LogP) is 1.36. The zero-order valence-electron chi connectivity index (χ0n) is 8.27. The molecule has 15 heavy (non-hydrogen) atoms. The number of thiophene rings is 1. The van der Waals surface area contributed by atoms with Crippen LogP contribution in [0, 0.1) is 6.92 Å². The molecule has 0 saturated heterocycles. The van der Waals surface area contributed by atoms with Crippen molar-refractivity contribution in [3.8, 4) is 0 Å². The van der Waals surface area contributed by atoms with Crippen molar-refractivity contribution >= 4 is 27.8 Å². The largest absolute Gasteiger partial charge is 0.303 e. The Balaban J connectivity index is 2.55. The van der Waals surface area contributed by atoms with Crippen molar-refractivity contribution < 1.29 is 4.79 Å². The number of carbonyl (C=O) groups excluding carboxylic acids is 1. The molecule has 0 radical (unpaired) electrons. The average Bonchev–Trinajstić information content (AvgIpc) is 2.61. The summed E-state index contributed by atoms with van der Waals surface area (Å²) in [5, 5.41) is 1.92. The fraction of sp³-hybridized carbons (Fsp3) is 0.300. The standard InChI is InChI=1S/C10H10N2O2S/c1-7-5-15-9-8(7)11-6-12(10(9)14)3-2-4-13/h4-6H,2-3H2,1H3. The summed E-state index contributed by atoms with van der Waals surface area (Å²) in [7, 11) is 0. The lowest BCUT2D eigenvalue weighted by Gasteiger charge is -2.01. The fourth-order valence-corrected chi connectivity index (χ4v) is 2.36. The van der Waals surface area contributed by atoms with Crippen molar-refractivity contribution in [2.45, 2.75) is 19.9 Å². The molecule has 0 fully saturated rings. The summed E-state index contributed by atoms with van der Waals surface area (Å²) in [4.78, 5) is 26.3. The summed E-state index contributed by atoms with van der Waals surface area (Å²) in [6, 6.07) is 0. The maximum atomic E-state index is 11.9. The molecule has 0 bridgehead atoms. The van der Waals surface area contributed by atoms with E-state index < -0.39 is 0 Å². The molecule has 2 rings (SSSR count). The van der Waals surface area contributed by atoms with Crippen LogP contribution in [0.3, 0.4) is 0 Å². The van der Waals surface area contributed by atoms with E-state index in [2.05, 4.69) is 4.98 Å². The van der Waals surface area contributed by atoms with E-state index in [1.54, 1.807) is 0 Å². The molecule has 0 amide bonds. The molecule has 4 nitrogen and oxygen atoms in total. The van der Waals surface area contributed by atoms with E-state index in [9.17, 15) is 9.59 Å². The first-order chi connectivity index (χ1) is 7.24. The van der Waals surface area contributed by atoms with Crippen molar-refractivity contribution in [3.05, 3.63) is 27.6 Å². The van der Waals surface area contributed by atoms with Crippen LogP contribution in [0.15, 0.2) is 16.5 Å². The summed E-state index contributed by atoms with van der Waals surface area (Å²) >= 11 is 1.40. The van der Waals surface area contributed by atoms with Gasteiger partial charge in [0.05, 0.1) is 11.8 Å². The summed E-state index contributed by atoms with van der Waals surface area (Å²) in [6.45, 7) is 2.34. The van der Waals surface area contributed by atoms with Crippen molar-refractivity contribution in [3.63, 3.8) is 0 Å². The lowest BCUT2D eigenvalue weighted by atomic mass is 10.3. The van der Waals surface area contributed by atoms with Crippen LogP contribution >= 0.6 is 11.3 Å². The quantitative estimate of drug-likeness (QED) is 0.737. The number of carbonyl (C=O) groups is 1. The van der Waals surface area contributed by atoms with Gasteiger partial charge in [-0.25, -0.2) is 4.98 Å². The van der Waals surface area contributed by atoms with Crippen LogP contribution in [-0.4, -0.2) is 15.8 Å². The molecule has 78 valence electrons. The monoisotopic (exact) mass is 222 g/mol. The number of aldehydes is 1. The van der Waals surface area contributed by atoms with Gasteiger partial charge in [0.15, 0.2) is 0 Å². The summed E-state index contributed by atoms with van der Waals surface area (Å²) < 4.78 is 2.15. The molecule has 5 heteroatoms. The Morgan fingerprint density at radius 2 is 2.40 bits per heavy atom. The van der Waals surface area contributed by atoms with Crippen molar-refractivity contribution in [1.29, 1.82) is 0 Å². The van der Waals surface area contributed by atoms with Gasteiger partial charge in [0.2, 0.25) is 0 Å². The van der Waals surface area contributed by atoms with Crippen LogP contribution in [-0.2, 0) is 11.3 Å². The maximum Gasteiger partial charge on any atom is 0.271 e. The molecular formula is C10H10N2O2S. The van der Waals surface area contributed by atoms with Gasteiger partial charge in [0.1, 0.15) is 11.0 Å². The molecule has 0 N–H and O–H groups in total. The van der Waals surface area contributed by atoms with E-state index in [0.29, 0.717) is 17.7 Å². The Labute approximate surface area is 90.2 Å². The second-order valence-corrected chi connectivity index (χ2v) is 4.17. The Kier molecular flexibility index (Phi) is 2.64. The van der Waals surface area contributed by atoms with Gasteiger partial charge in [-0.2, -0.15) is 0 Å². The topological polar surface area (TPSA) is 52.0 Å². The molecule has 0 atom stereocenters. The normalized spacial score (nSPS) is 10.7. The Morgan fingerprint density at radius 1 is 1.60 bits per heavy atom. The number of rotatable bonds is 3. The fourth-order valence-electron chi connectivity index (χ4n) is 1.41. The molecule has 0 aliphatic heterocycles. The van der Waals surface area contributed by atoms with Crippen molar-refractivity contribution in [2.75, 3.05) is 0 Å². The Morgan fingerprint density at radius 3 is 3.13 bits per heavy atom. The molecular weight excluding hydrogens is 212 g/mol. The minimum Gasteiger partial charge on any atom is -0.303 e. The van der Waals surface area contributed by atoms with Crippen LogP contribution in [0.4, 0.5) is 0 Å². The van der Waals surface area contributed by atoms with Crippen LogP contribution in [0.1, 0.15) is 12.0 Å². The minimum atomic E-state index is -0.0556. The molecule has 0 aromatic carbocycles. The van der Waals surface area contributed by atoms with Gasteiger partial charge < -0.3 is 4.79 Å². The molecule has 2 aromatic rings. The number of hydrogen-bond donors (Lipinski definition) is 0. The van der Waals surface area contributed by atoms with Gasteiger partial charge >= 0.3 is 0 Å². The molecule has 2 heterocycles. The van der Waals surface area contributed by atoms with E-state index in [0.717, 1.165) is 17.4 Å². The van der Waals surface area contributed by atoms with E-state index in [1.165, 1.54) is 22.2 Å². The lowest BCUT2D eigenvalue weighted by molar-refractivity contribution is -0.108. The van der Waals surface area contributed by atoms with Gasteiger partial charge in [0.25, 0.3) is 5.56 Å². The maximum absolute atomic E-state index is 11.9. The highest BCUT2D eigenvalue weighted by Gasteiger charge is 2.07. The first-order valence-corrected chi connectivity index (χ1v) is 5.49. The molecule has 0 aliphatic rings. The summed E-state index contributed by atoms with van der Waals surface area (Å²) in [5.41, 5.74) is 1.74. The van der Waals surface area contributed by atoms with E-state index in [1.807, 2.05) is 12.3 Å². The van der Waals surface area contributed by atoms with Crippen LogP contribution in [0.25, 0.3) is 10.2 Å². The predicted molar refractivity (Wildman–Crippen MR) is 59.3 cm³/mol. The molecule has 0 aliphatic carbocycles. The first-order valence-electron chi connectivity index (χ1n) is 4.61. The highest BCUT2D eigenvalue weighted by molar-refractivity contribution is 7.17. The second-order valence-electron chi connectivity index (χ2n) is 3.29. The third-order valence-electron chi connectivity index (χ3n) is 2.21. The lowest BCUT2D eigenvalue weighted by Crippen LogP contribution is -2.19. The van der Waals surface area contributed by atoms with Crippen LogP contribution < -0.4 is 5.56 Å².